The molecule has 0 radical (unpaired) electrons. The minimum absolute atomic E-state index is 0.0456. The van der Waals surface area contributed by atoms with Crippen LogP contribution in [-0.2, 0) is 21.3 Å². The van der Waals surface area contributed by atoms with Crippen molar-refractivity contribution in [2.24, 2.45) is 0 Å². The van der Waals surface area contributed by atoms with Gasteiger partial charge < -0.3 is 15.0 Å². The first-order valence-electron chi connectivity index (χ1n) is 10.2. The van der Waals surface area contributed by atoms with Gasteiger partial charge in [0.15, 0.2) is 0 Å². The number of hydrogen-bond donors (Lipinski definition) is 1. The first-order chi connectivity index (χ1) is 14.9. The smallest absolute Gasteiger partial charge is 0.253 e. The van der Waals surface area contributed by atoms with Crippen LogP contribution in [0.1, 0.15) is 29.8 Å². The molecule has 0 aliphatic carbocycles. The van der Waals surface area contributed by atoms with E-state index in [4.69, 9.17) is 16.3 Å². The predicted octanol–water partition coefficient (Wildman–Crippen LogP) is 2.53. The van der Waals surface area contributed by atoms with Crippen LogP contribution in [0.2, 0.25) is 5.02 Å². The lowest BCUT2D eigenvalue weighted by Crippen LogP contribution is -2.36. The SMILES string of the molecule is CCN(CC)S(=O)(=O)c1ccc(Cl)c(C(=O)NCc2ccnc(N3CCOCC3)c2)c1. The van der Waals surface area contributed by atoms with Crippen LogP contribution in [0.25, 0.3) is 0 Å². The van der Waals surface area contributed by atoms with E-state index in [1.165, 1.54) is 22.5 Å². The summed E-state index contributed by atoms with van der Waals surface area (Å²) in [7, 11) is -3.69. The second kappa shape index (κ2) is 10.4. The molecule has 1 aliphatic rings. The van der Waals surface area contributed by atoms with Gasteiger partial charge in [-0.2, -0.15) is 4.31 Å². The average Bonchev–Trinajstić information content (AvgIpc) is 2.79. The van der Waals surface area contributed by atoms with Crippen molar-refractivity contribution in [3.63, 3.8) is 0 Å². The Bertz CT molecular complexity index is 1020. The van der Waals surface area contributed by atoms with Crippen molar-refractivity contribution < 1.29 is 17.9 Å². The highest BCUT2D eigenvalue weighted by atomic mass is 35.5. The maximum Gasteiger partial charge on any atom is 0.253 e. The fraction of sp³-hybridized carbons (Fsp3) is 0.429. The molecule has 1 aliphatic heterocycles. The predicted molar refractivity (Wildman–Crippen MR) is 120 cm³/mol. The van der Waals surface area contributed by atoms with E-state index < -0.39 is 15.9 Å². The molecule has 0 atom stereocenters. The normalized spacial score (nSPS) is 14.6. The summed E-state index contributed by atoms with van der Waals surface area (Å²) in [6.45, 7) is 7.35. The van der Waals surface area contributed by atoms with Crippen molar-refractivity contribution in [3.05, 3.63) is 52.7 Å². The number of pyridine rings is 1. The Morgan fingerprint density at radius 2 is 1.90 bits per heavy atom. The second-order valence-electron chi connectivity index (χ2n) is 7.04. The Labute approximate surface area is 188 Å². The minimum Gasteiger partial charge on any atom is -0.378 e. The third-order valence-corrected chi connectivity index (χ3v) is 7.50. The zero-order valence-electron chi connectivity index (χ0n) is 17.7. The van der Waals surface area contributed by atoms with E-state index in [0.29, 0.717) is 26.3 Å². The largest absolute Gasteiger partial charge is 0.378 e. The number of halogens is 1. The number of carbonyl (C=O) groups is 1. The van der Waals surface area contributed by atoms with Gasteiger partial charge in [0.05, 0.1) is 28.7 Å². The van der Waals surface area contributed by atoms with Crippen LogP contribution in [0.15, 0.2) is 41.4 Å². The molecule has 2 aromatic rings. The summed E-state index contributed by atoms with van der Waals surface area (Å²) >= 11 is 6.20. The molecule has 1 amide bonds. The lowest BCUT2D eigenvalue weighted by atomic mass is 10.2. The van der Waals surface area contributed by atoms with Crippen LogP contribution in [-0.4, -0.2) is 63.0 Å². The highest BCUT2D eigenvalue weighted by Gasteiger charge is 2.24. The van der Waals surface area contributed by atoms with Gasteiger partial charge >= 0.3 is 0 Å². The number of benzene rings is 1. The molecule has 1 saturated heterocycles. The molecule has 1 N–H and O–H groups in total. The van der Waals surface area contributed by atoms with Crippen LogP contribution in [0.3, 0.4) is 0 Å². The van der Waals surface area contributed by atoms with Gasteiger partial charge in [0, 0.05) is 38.9 Å². The molecule has 2 heterocycles. The van der Waals surface area contributed by atoms with Gasteiger partial charge in [-0.05, 0) is 35.9 Å². The number of aromatic nitrogens is 1. The third-order valence-electron chi connectivity index (χ3n) is 5.12. The molecule has 0 saturated carbocycles. The number of amides is 1. The minimum atomic E-state index is -3.69. The maximum atomic E-state index is 12.8. The second-order valence-corrected chi connectivity index (χ2v) is 9.38. The van der Waals surface area contributed by atoms with Gasteiger partial charge in [-0.25, -0.2) is 13.4 Å². The maximum absolute atomic E-state index is 12.8. The molecular formula is C21H27ClN4O4S. The number of hydrogen-bond acceptors (Lipinski definition) is 6. The van der Waals surface area contributed by atoms with E-state index in [1.54, 1.807) is 20.0 Å². The molecule has 1 aromatic heterocycles. The summed E-state index contributed by atoms with van der Waals surface area (Å²) in [5, 5.41) is 3.01. The number of nitrogens with zero attached hydrogens (tertiary/aromatic N) is 3. The highest BCUT2D eigenvalue weighted by Crippen LogP contribution is 2.23. The lowest BCUT2D eigenvalue weighted by molar-refractivity contribution is 0.0951. The van der Waals surface area contributed by atoms with E-state index in [1.807, 2.05) is 12.1 Å². The van der Waals surface area contributed by atoms with Crippen LogP contribution in [0.4, 0.5) is 5.82 Å². The van der Waals surface area contributed by atoms with Crippen molar-refractivity contribution in [1.82, 2.24) is 14.6 Å². The van der Waals surface area contributed by atoms with Crippen molar-refractivity contribution in [3.8, 4) is 0 Å². The Morgan fingerprint density at radius 3 is 2.58 bits per heavy atom. The summed E-state index contributed by atoms with van der Waals surface area (Å²) in [6, 6.07) is 7.94. The molecule has 1 fully saturated rings. The van der Waals surface area contributed by atoms with Gasteiger partial charge in [0.1, 0.15) is 5.82 Å². The Morgan fingerprint density at radius 1 is 1.19 bits per heavy atom. The highest BCUT2D eigenvalue weighted by molar-refractivity contribution is 7.89. The topological polar surface area (TPSA) is 91.8 Å². The molecule has 168 valence electrons. The fourth-order valence-corrected chi connectivity index (χ4v) is 5.05. The molecular weight excluding hydrogens is 440 g/mol. The first-order valence-corrected chi connectivity index (χ1v) is 12.0. The standard InChI is InChI=1S/C21H27ClN4O4S/c1-3-26(4-2)31(28,29)17-5-6-19(22)18(14-17)21(27)24-15-16-7-8-23-20(13-16)25-9-11-30-12-10-25/h5-8,13-14H,3-4,9-12,15H2,1-2H3,(H,24,27). The zero-order valence-corrected chi connectivity index (χ0v) is 19.2. The van der Waals surface area contributed by atoms with E-state index in [2.05, 4.69) is 15.2 Å². The first kappa shape index (κ1) is 23.5. The van der Waals surface area contributed by atoms with Gasteiger partial charge in [0.25, 0.3) is 5.91 Å². The van der Waals surface area contributed by atoms with Crippen molar-refractivity contribution in [2.45, 2.75) is 25.3 Å². The van der Waals surface area contributed by atoms with E-state index >= 15 is 0 Å². The summed E-state index contributed by atoms with van der Waals surface area (Å²) < 4.78 is 32.3. The van der Waals surface area contributed by atoms with Gasteiger partial charge in [-0.15, -0.1) is 0 Å². The van der Waals surface area contributed by atoms with E-state index in [0.717, 1.165) is 24.5 Å². The fourth-order valence-electron chi connectivity index (χ4n) is 3.36. The summed E-state index contributed by atoms with van der Waals surface area (Å²) in [6.07, 6.45) is 1.70. The Hall–Kier alpha value is -2.20. The summed E-state index contributed by atoms with van der Waals surface area (Å²) in [5.41, 5.74) is 1.00. The van der Waals surface area contributed by atoms with Crippen molar-refractivity contribution in [2.75, 3.05) is 44.3 Å². The summed E-state index contributed by atoms with van der Waals surface area (Å²) in [5.74, 6) is 0.395. The molecule has 0 spiro atoms. The summed E-state index contributed by atoms with van der Waals surface area (Å²) in [4.78, 5) is 19.3. The van der Waals surface area contributed by atoms with Crippen LogP contribution in [0, 0.1) is 0 Å². The number of morpholine rings is 1. The number of nitrogens with one attached hydrogen (secondary N) is 1. The lowest BCUT2D eigenvalue weighted by Gasteiger charge is -2.28. The average molecular weight is 467 g/mol. The van der Waals surface area contributed by atoms with E-state index in [-0.39, 0.29) is 22.0 Å². The number of carbonyl (C=O) groups excluding carboxylic acids is 1. The van der Waals surface area contributed by atoms with Gasteiger partial charge in [-0.1, -0.05) is 25.4 Å². The van der Waals surface area contributed by atoms with Crippen molar-refractivity contribution in [1.29, 1.82) is 0 Å². The van der Waals surface area contributed by atoms with Crippen LogP contribution in [0.5, 0.6) is 0 Å². The molecule has 1 aromatic carbocycles. The van der Waals surface area contributed by atoms with Gasteiger partial charge in [0.2, 0.25) is 10.0 Å². The Balaban J connectivity index is 1.74. The zero-order chi connectivity index (χ0) is 22.4. The van der Waals surface area contributed by atoms with Crippen LogP contribution >= 0.6 is 11.6 Å². The number of sulfonamides is 1. The Kier molecular flexibility index (Phi) is 7.88. The number of anilines is 1. The molecule has 0 bridgehead atoms. The van der Waals surface area contributed by atoms with Crippen LogP contribution < -0.4 is 10.2 Å². The molecule has 8 nitrogen and oxygen atoms in total. The molecule has 3 rings (SSSR count). The number of rotatable bonds is 8. The van der Waals surface area contributed by atoms with Crippen molar-refractivity contribution >= 4 is 33.3 Å². The molecule has 31 heavy (non-hydrogen) atoms. The molecule has 10 heteroatoms. The van der Waals surface area contributed by atoms with Gasteiger partial charge in [-0.3, -0.25) is 4.79 Å². The van der Waals surface area contributed by atoms with E-state index in [9.17, 15) is 13.2 Å². The monoisotopic (exact) mass is 466 g/mol. The quantitative estimate of drug-likeness (QED) is 0.642. The third kappa shape index (κ3) is 5.54. The number of ether oxygens (including phenoxy) is 1. The molecule has 0 unspecified atom stereocenters.